The Morgan fingerprint density at radius 1 is 1.12 bits per heavy atom. The van der Waals surface area contributed by atoms with E-state index in [1.807, 2.05) is 18.2 Å². The van der Waals surface area contributed by atoms with Crippen molar-refractivity contribution in [3.63, 3.8) is 0 Å². The Morgan fingerprint density at radius 2 is 1.85 bits per heavy atom. The molecule has 6 heteroatoms. The van der Waals surface area contributed by atoms with Gasteiger partial charge in [-0.05, 0) is 42.8 Å². The second kappa shape index (κ2) is 6.52. The molecule has 2 heterocycles. The van der Waals surface area contributed by atoms with Crippen LogP contribution in [-0.4, -0.2) is 42.2 Å². The van der Waals surface area contributed by atoms with Gasteiger partial charge in [-0.15, -0.1) is 0 Å². The molecule has 1 fully saturated rings. The predicted molar refractivity (Wildman–Crippen MR) is 103 cm³/mol. The second-order valence-corrected chi connectivity index (χ2v) is 9.17. The maximum absolute atomic E-state index is 11.6. The minimum Gasteiger partial charge on any atom is -0.331 e. The molecule has 0 amide bonds. The Morgan fingerprint density at radius 3 is 2.54 bits per heavy atom. The van der Waals surface area contributed by atoms with Crippen LogP contribution in [0.1, 0.15) is 23.7 Å². The van der Waals surface area contributed by atoms with Crippen molar-refractivity contribution < 1.29 is 8.42 Å². The van der Waals surface area contributed by atoms with Gasteiger partial charge in [0.05, 0.1) is 15.9 Å². The first kappa shape index (κ1) is 17.2. The van der Waals surface area contributed by atoms with Crippen molar-refractivity contribution in [3.8, 4) is 0 Å². The molecule has 26 heavy (non-hydrogen) atoms. The van der Waals surface area contributed by atoms with E-state index in [9.17, 15) is 8.42 Å². The van der Waals surface area contributed by atoms with Crippen molar-refractivity contribution in [1.82, 2.24) is 14.5 Å². The smallest absolute Gasteiger partial charge is 0.175 e. The van der Waals surface area contributed by atoms with Crippen molar-refractivity contribution in [3.05, 3.63) is 59.9 Å². The normalized spacial score (nSPS) is 18.6. The summed E-state index contributed by atoms with van der Waals surface area (Å²) in [7, 11) is -1.04. The van der Waals surface area contributed by atoms with Gasteiger partial charge in [0, 0.05) is 32.3 Å². The third kappa shape index (κ3) is 3.27. The molecular formula is C20H23N3O2S. The average molecular weight is 369 g/mol. The van der Waals surface area contributed by atoms with Crippen LogP contribution in [0.4, 0.5) is 0 Å². The SMILES string of the molecule is Cn1c([C@H]2CCN(Cc3ccc(S(C)(=O)=O)cc3)C2)nc2ccccc21. The highest BCUT2D eigenvalue weighted by Crippen LogP contribution is 2.29. The quantitative estimate of drug-likeness (QED) is 0.709. The minimum absolute atomic E-state index is 0.375. The molecule has 1 aliphatic heterocycles. The fourth-order valence-electron chi connectivity index (χ4n) is 3.82. The first-order chi connectivity index (χ1) is 12.4. The predicted octanol–water partition coefficient (Wildman–Crippen LogP) is 2.97. The van der Waals surface area contributed by atoms with Crippen LogP contribution in [0.15, 0.2) is 53.4 Å². The molecule has 0 N–H and O–H groups in total. The Hall–Kier alpha value is -2.18. The molecule has 0 spiro atoms. The number of para-hydroxylation sites is 2. The molecule has 0 saturated carbocycles. The van der Waals surface area contributed by atoms with Crippen LogP contribution in [0.2, 0.25) is 0 Å². The lowest BCUT2D eigenvalue weighted by Crippen LogP contribution is -2.20. The Kier molecular flexibility index (Phi) is 4.32. The second-order valence-electron chi connectivity index (χ2n) is 7.15. The van der Waals surface area contributed by atoms with Crippen molar-refractivity contribution in [2.24, 2.45) is 7.05 Å². The van der Waals surface area contributed by atoms with Gasteiger partial charge in [0.15, 0.2) is 9.84 Å². The molecule has 3 aromatic rings. The highest BCUT2D eigenvalue weighted by Gasteiger charge is 2.27. The van der Waals surface area contributed by atoms with E-state index < -0.39 is 9.84 Å². The van der Waals surface area contributed by atoms with Gasteiger partial charge in [0.25, 0.3) is 0 Å². The summed E-state index contributed by atoms with van der Waals surface area (Å²) in [6.07, 6.45) is 2.34. The lowest BCUT2D eigenvalue weighted by molar-refractivity contribution is 0.325. The van der Waals surface area contributed by atoms with Crippen LogP contribution in [0.3, 0.4) is 0 Å². The number of rotatable bonds is 4. The van der Waals surface area contributed by atoms with Crippen LogP contribution >= 0.6 is 0 Å². The summed E-state index contributed by atoms with van der Waals surface area (Å²) in [4.78, 5) is 7.64. The molecule has 0 aliphatic carbocycles. The van der Waals surface area contributed by atoms with Crippen LogP contribution in [-0.2, 0) is 23.4 Å². The fraction of sp³-hybridized carbons (Fsp3) is 0.350. The number of nitrogens with zero attached hydrogens (tertiary/aromatic N) is 3. The summed E-state index contributed by atoms with van der Waals surface area (Å²) in [5.74, 6) is 1.59. The number of benzene rings is 2. The molecular weight excluding hydrogens is 346 g/mol. The summed E-state index contributed by atoms with van der Waals surface area (Å²) < 4.78 is 25.4. The number of likely N-dealkylation sites (tertiary alicyclic amines) is 1. The molecule has 4 rings (SSSR count). The topological polar surface area (TPSA) is 55.2 Å². The maximum atomic E-state index is 11.6. The number of aryl methyl sites for hydroxylation is 1. The molecule has 136 valence electrons. The molecule has 0 bridgehead atoms. The highest BCUT2D eigenvalue weighted by atomic mass is 32.2. The molecule has 5 nitrogen and oxygen atoms in total. The van der Waals surface area contributed by atoms with E-state index in [-0.39, 0.29) is 0 Å². The van der Waals surface area contributed by atoms with E-state index in [1.54, 1.807) is 12.1 Å². The van der Waals surface area contributed by atoms with E-state index in [4.69, 9.17) is 4.98 Å². The van der Waals surface area contributed by atoms with E-state index in [0.29, 0.717) is 10.8 Å². The Labute approximate surface area is 154 Å². The summed E-state index contributed by atoms with van der Waals surface area (Å²) in [6.45, 7) is 2.84. The summed E-state index contributed by atoms with van der Waals surface area (Å²) in [5.41, 5.74) is 3.38. The van der Waals surface area contributed by atoms with Gasteiger partial charge in [-0.25, -0.2) is 13.4 Å². The zero-order valence-corrected chi connectivity index (χ0v) is 15.9. The highest BCUT2D eigenvalue weighted by molar-refractivity contribution is 7.90. The maximum Gasteiger partial charge on any atom is 0.175 e. The van der Waals surface area contributed by atoms with Crippen LogP contribution < -0.4 is 0 Å². The van der Waals surface area contributed by atoms with E-state index >= 15 is 0 Å². The zero-order chi connectivity index (χ0) is 18.3. The summed E-state index contributed by atoms with van der Waals surface area (Å²) in [6, 6.07) is 15.5. The molecule has 0 radical (unpaired) electrons. The number of sulfone groups is 1. The van der Waals surface area contributed by atoms with Crippen molar-refractivity contribution in [2.45, 2.75) is 23.8 Å². The lowest BCUT2D eigenvalue weighted by atomic mass is 10.1. The van der Waals surface area contributed by atoms with Crippen molar-refractivity contribution in [1.29, 1.82) is 0 Å². The minimum atomic E-state index is -3.13. The molecule has 1 atom stereocenters. The zero-order valence-electron chi connectivity index (χ0n) is 15.1. The average Bonchev–Trinajstić information content (AvgIpc) is 3.20. The van der Waals surface area contributed by atoms with Crippen LogP contribution in [0.25, 0.3) is 11.0 Å². The molecule has 1 saturated heterocycles. The lowest BCUT2D eigenvalue weighted by Gasteiger charge is -2.16. The largest absolute Gasteiger partial charge is 0.331 e. The standard InChI is InChI=1S/C20H23N3O2S/c1-22-19-6-4-3-5-18(19)21-20(22)16-11-12-23(14-16)13-15-7-9-17(10-8-15)26(2,24)25/h3-10,16H,11-14H2,1-2H3/t16-/m0/s1. The number of hydrogen-bond acceptors (Lipinski definition) is 4. The van der Waals surface area contributed by atoms with Crippen LogP contribution in [0, 0.1) is 0 Å². The summed E-state index contributed by atoms with van der Waals surface area (Å²) >= 11 is 0. The van der Waals surface area contributed by atoms with Gasteiger partial charge in [0.1, 0.15) is 5.82 Å². The van der Waals surface area contributed by atoms with E-state index in [1.165, 1.54) is 11.8 Å². The van der Waals surface area contributed by atoms with Gasteiger partial charge >= 0.3 is 0 Å². The van der Waals surface area contributed by atoms with Crippen LogP contribution in [0.5, 0.6) is 0 Å². The summed E-state index contributed by atoms with van der Waals surface area (Å²) in [5, 5.41) is 0. The first-order valence-electron chi connectivity index (χ1n) is 8.84. The van der Waals surface area contributed by atoms with Gasteiger partial charge in [0.2, 0.25) is 0 Å². The molecule has 1 aliphatic rings. The number of aromatic nitrogens is 2. The van der Waals surface area contributed by atoms with Crippen molar-refractivity contribution in [2.75, 3.05) is 19.3 Å². The third-order valence-electron chi connectivity index (χ3n) is 5.22. The van der Waals surface area contributed by atoms with Gasteiger partial charge in [-0.1, -0.05) is 24.3 Å². The monoisotopic (exact) mass is 369 g/mol. The number of fused-ring (bicyclic) bond motifs is 1. The van der Waals surface area contributed by atoms with E-state index in [2.05, 4.69) is 34.7 Å². The molecule has 1 aromatic heterocycles. The Balaban J connectivity index is 1.47. The van der Waals surface area contributed by atoms with Gasteiger partial charge in [-0.3, -0.25) is 4.90 Å². The van der Waals surface area contributed by atoms with Crippen molar-refractivity contribution >= 4 is 20.9 Å². The number of hydrogen-bond donors (Lipinski definition) is 0. The third-order valence-corrected chi connectivity index (χ3v) is 6.35. The number of imidazole rings is 1. The fourth-order valence-corrected chi connectivity index (χ4v) is 4.45. The molecule has 2 aromatic carbocycles. The Bertz CT molecular complexity index is 1040. The first-order valence-corrected chi connectivity index (χ1v) is 10.7. The molecule has 0 unspecified atom stereocenters. The van der Waals surface area contributed by atoms with E-state index in [0.717, 1.165) is 43.0 Å². The van der Waals surface area contributed by atoms with Gasteiger partial charge in [-0.2, -0.15) is 0 Å². The van der Waals surface area contributed by atoms with Gasteiger partial charge < -0.3 is 4.57 Å².